The number of carbonyl (C=O) groups is 2. The largest absolute Gasteiger partial charge is 0.481 e. The lowest BCUT2D eigenvalue weighted by molar-refractivity contribution is -0.146. The van der Waals surface area contributed by atoms with Gasteiger partial charge in [0, 0.05) is 5.69 Å². The molecule has 0 unspecified atom stereocenters. The van der Waals surface area contributed by atoms with Crippen molar-refractivity contribution in [2.45, 2.75) is 13.3 Å². The van der Waals surface area contributed by atoms with Crippen molar-refractivity contribution in [1.29, 1.82) is 0 Å². The van der Waals surface area contributed by atoms with Crippen LogP contribution in [0.3, 0.4) is 0 Å². The highest BCUT2D eigenvalue weighted by Gasteiger charge is 2.51. The molecule has 2 N–H and O–H groups in total. The minimum absolute atomic E-state index is 0.0357. The maximum Gasteiger partial charge on any atom is 0.307 e. The monoisotopic (exact) mass is 289 g/mol. The summed E-state index contributed by atoms with van der Waals surface area (Å²) in [6.07, 6.45) is 4.51. The second-order valence-corrected chi connectivity index (χ2v) is 5.79. The van der Waals surface area contributed by atoms with Crippen molar-refractivity contribution in [3.8, 4) is 0 Å². The molecule has 21 heavy (non-hydrogen) atoms. The van der Waals surface area contributed by atoms with E-state index in [0.29, 0.717) is 17.7 Å². The van der Waals surface area contributed by atoms with Gasteiger partial charge in [-0.15, -0.1) is 0 Å². The number of hydrogen-bond acceptors (Lipinski definition) is 2. The number of halogens is 1. The minimum Gasteiger partial charge on any atom is -0.481 e. The second-order valence-electron chi connectivity index (χ2n) is 5.79. The van der Waals surface area contributed by atoms with Crippen molar-refractivity contribution < 1.29 is 19.1 Å². The number of carboxylic acid groups (broad SMARTS) is 1. The number of rotatable bonds is 3. The van der Waals surface area contributed by atoms with E-state index in [1.54, 1.807) is 19.1 Å². The zero-order valence-electron chi connectivity index (χ0n) is 11.5. The van der Waals surface area contributed by atoms with Gasteiger partial charge in [0.25, 0.3) is 0 Å². The van der Waals surface area contributed by atoms with Gasteiger partial charge >= 0.3 is 5.97 Å². The average Bonchev–Trinajstić information content (AvgIpc) is 3.03. The topological polar surface area (TPSA) is 66.4 Å². The number of fused-ring (bicyclic) bond motifs is 2. The number of carboxylic acids is 1. The van der Waals surface area contributed by atoms with Crippen LogP contribution in [0.15, 0.2) is 30.4 Å². The number of aryl methyl sites for hydroxylation is 1. The zero-order chi connectivity index (χ0) is 15.1. The van der Waals surface area contributed by atoms with Crippen molar-refractivity contribution in [2.75, 3.05) is 5.32 Å². The quantitative estimate of drug-likeness (QED) is 0.841. The molecule has 2 aliphatic rings. The first-order valence-corrected chi connectivity index (χ1v) is 6.95. The molecule has 1 fully saturated rings. The maximum atomic E-state index is 13.5. The smallest absolute Gasteiger partial charge is 0.307 e. The first kappa shape index (κ1) is 13.8. The van der Waals surface area contributed by atoms with Crippen LogP contribution < -0.4 is 5.32 Å². The average molecular weight is 289 g/mol. The lowest BCUT2D eigenvalue weighted by atomic mass is 9.82. The Morgan fingerprint density at radius 2 is 1.90 bits per heavy atom. The third kappa shape index (κ3) is 2.33. The fraction of sp³-hybridized carbons (Fsp3) is 0.375. The Labute approximate surface area is 121 Å². The van der Waals surface area contributed by atoms with Crippen LogP contribution in [-0.4, -0.2) is 17.0 Å². The molecule has 0 spiro atoms. The van der Waals surface area contributed by atoms with E-state index in [1.807, 2.05) is 12.2 Å². The summed E-state index contributed by atoms with van der Waals surface area (Å²) in [5.41, 5.74) is 0.859. The Balaban J connectivity index is 1.80. The Hall–Kier alpha value is -2.17. The van der Waals surface area contributed by atoms with Crippen LogP contribution in [0, 0.1) is 36.4 Å². The summed E-state index contributed by atoms with van der Waals surface area (Å²) >= 11 is 0. The molecule has 110 valence electrons. The SMILES string of the molecule is Cc1ccc(NC(=O)[C@@H]2[C@@H](C(=O)O)[C@H]3C=C[C@H]2C3)cc1F. The Morgan fingerprint density at radius 3 is 2.52 bits per heavy atom. The van der Waals surface area contributed by atoms with E-state index >= 15 is 0 Å². The molecule has 0 aromatic heterocycles. The van der Waals surface area contributed by atoms with Gasteiger partial charge in [0.05, 0.1) is 11.8 Å². The Morgan fingerprint density at radius 1 is 1.24 bits per heavy atom. The van der Waals surface area contributed by atoms with Gasteiger partial charge in [0.15, 0.2) is 0 Å². The fourth-order valence-corrected chi connectivity index (χ4v) is 3.41. The molecule has 2 aliphatic carbocycles. The molecule has 1 amide bonds. The predicted molar refractivity (Wildman–Crippen MR) is 75.1 cm³/mol. The van der Waals surface area contributed by atoms with Crippen LogP contribution in [0.2, 0.25) is 0 Å². The fourth-order valence-electron chi connectivity index (χ4n) is 3.41. The number of anilines is 1. The number of carbonyl (C=O) groups excluding carboxylic acids is 1. The number of nitrogens with one attached hydrogen (secondary N) is 1. The first-order chi connectivity index (χ1) is 9.97. The van der Waals surface area contributed by atoms with Crippen molar-refractivity contribution in [2.24, 2.45) is 23.7 Å². The van der Waals surface area contributed by atoms with E-state index in [2.05, 4.69) is 5.32 Å². The van der Waals surface area contributed by atoms with Crippen LogP contribution in [0.25, 0.3) is 0 Å². The lowest BCUT2D eigenvalue weighted by Crippen LogP contribution is -2.36. The molecule has 4 atom stereocenters. The third-order valence-electron chi connectivity index (χ3n) is 4.49. The normalized spacial score (nSPS) is 29.6. The molecule has 0 radical (unpaired) electrons. The summed E-state index contributed by atoms with van der Waals surface area (Å²) in [5, 5.41) is 12.0. The maximum absolute atomic E-state index is 13.5. The van der Waals surface area contributed by atoms with Crippen LogP contribution >= 0.6 is 0 Å². The molecule has 5 heteroatoms. The third-order valence-corrected chi connectivity index (χ3v) is 4.49. The van der Waals surface area contributed by atoms with Crippen molar-refractivity contribution in [3.05, 3.63) is 41.7 Å². The van der Waals surface area contributed by atoms with Crippen molar-refractivity contribution in [1.82, 2.24) is 0 Å². The first-order valence-electron chi connectivity index (χ1n) is 6.95. The van der Waals surface area contributed by atoms with Gasteiger partial charge in [-0.1, -0.05) is 18.2 Å². The Kier molecular flexibility index (Phi) is 3.27. The van der Waals surface area contributed by atoms with Crippen molar-refractivity contribution >= 4 is 17.6 Å². The molecule has 0 heterocycles. The van der Waals surface area contributed by atoms with Crippen LogP contribution in [0.4, 0.5) is 10.1 Å². The molecule has 0 aliphatic heterocycles. The van der Waals surface area contributed by atoms with Gasteiger partial charge in [0.1, 0.15) is 5.82 Å². The number of aliphatic carboxylic acids is 1. The number of amides is 1. The van der Waals surface area contributed by atoms with Gasteiger partial charge in [-0.2, -0.15) is 0 Å². The summed E-state index contributed by atoms with van der Waals surface area (Å²) < 4.78 is 13.5. The van der Waals surface area contributed by atoms with Crippen LogP contribution in [0.5, 0.6) is 0 Å². The number of hydrogen-bond donors (Lipinski definition) is 2. The van der Waals surface area contributed by atoms with E-state index in [9.17, 15) is 19.1 Å². The molecule has 1 saturated carbocycles. The van der Waals surface area contributed by atoms with Crippen LogP contribution in [0.1, 0.15) is 12.0 Å². The zero-order valence-corrected chi connectivity index (χ0v) is 11.5. The second kappa shape index (κ2) is 4.98. The summed E-state index contributed by atoms with van der Waals surface area (Å²) in [4.78, 5) is 23.8. The van der Waals surface area contributed by atoms with Gasteiger partial charge in [0.2, 0.25) is 5.91 Å². The van der Waals surface area contributed by atoms with E-state index in [4.69, 9.17) is 0 Å². The molecule has 3 rings (SSSR count). The highest BCUT2D eigenvalue weighted by Crippen LogP contribution is 2.48. The van der Waals surface area contributed by atoms with Crippen molar-refractivity contribution in [3.63, 3.8) is 0 Å². The summed E-state index contributed by atoms with van der Waals surface area (Å²) in [6, 6.07) is 4.46. The summed E-state index contributed by atoms with van der Waals surface area (Å²) in [6.45, 7) is 1.64. The molecule has 1 aromatic carbocycles. The predicted octanol–water partition coefficient (Wildman–Crippen LogP) is 2.60. The van der Waals surface area contributed by atoms with Crippen LogP contribution in [-0.2, 0) is 9.59 Å². The number of benzene rings is 1. The Bertz CT molecular complexity index is 640. The van der Waals surface area contributed by atoms with E-state index in [-0.39, 0.29) is 17.7 Å². The van der Waals surface area contributed by atoms with Gasteiger partial charge in [-0.25, -0.2) is 4.39 Å². The van der Waals surface area contributed by atoms with Gasteiger partial charge in [-0.3, -0.25) is 9.59 Å². The standard InChI is InChI=1S/C16H16FNO3/c1-8-2-5-11(7-12(8)17)18-15(19)13-9-3-4-10(6-9)14(13)16(20)21/h2-5,7,9-10,13-14H,6H2,1H3,(H,18,19)(H,20,21)/t9-,10-,13-,14-/m0/s1. The minimum atomic E-state index is -0.943. The van der Waals surface area contributed by atoms with E-state index in [0.717, 1.165) is 0 Å². The van der Waals surface area contributed by atoms with Gasteiger partial charge in [-0.05, 0) is 42.9 Å². The highest BCUT2D eigenvalue weighted by molar-refractivity contribution is 5.96. The van der Waals surface area contributed by atoms with E-state index < -0.39 is 23.6 Å². The molecule has 0 saturated heterocycles. The molecular formula is C16H16FNO3. The van der Waals surface area contributed by atoms with Gasteiger partial charge < -0.3 is 10.4 Å². The molecule has 1 aromatic rings. The molecule has 2 bridgehead atoms. The lowest BCUT2D eigenvalue weighted by Gasteiger charge is -2.23. The summed E-state index contributed by atoms with van der Waals surface area (Å²) in [5.74, 6) is -3.05. The number of allylic oxidation sites excluding steroid dienone is 2. The van der Waals surface area contributed by atoms with E-state index in [1.165, 1.54) is 6.07 Å². The summed E-state index contributed by atoms with van der Waals surface area (Å²) in [7, 11) is 0. The molecule has 4 nitrogen and oxygen atoms in total. The molecular weight excluding hydrogens is 273 g/mol. The highest BCUT2D eigenvalue weighted by atomic mass is 19.1.